The van der Waals surface area contributed by atoms with Crippen molar-refractivity contribution in [3.05, 3.63) is 135 Å². The minimum absolute atomic E-state index is 0.303. The Hall–Kier alpha value is -3.83. The van der Waals surface area contributed by atoms with Gasteiger partial charge in [-0.2, -0.15) is 5.10 Å². The summed E-state index contributed by atoms with van der Waals surface area (Å²) in [5.41, 5.74) is 8.65. The minimum atomic E-state index is -0.392. The molecule has 0 aliphatic heterocycles. The van der Waals surface area contributed by atoms with Crippen molar-refractivity contribution < 1.29 is 4.79 Å². The molecule has 1 amide bonds. The smallest absolute Gasteiger partial charge is 0.271 e. The second-order valence-electron chi connectivity index (χ2n) is 8.21. The average Bonchev–Trinajstić information content (AvgIpc) is 3.31. The van der Waals surface area contributed by atoms with Crippen molar-refractivity contribution in [1.29, 1.82) is 0 Å². The predicted molar refractivity (Wildman–Crippen MR) is 153 cm³/mol. The van der Waals surface area contributed by atoms with Crippen LogP contribution in [-0.4, -0.2) is 16.7 Å². The van der Waals surface area contributed by atoms with Gasteiger partial charge in [0, 0.05) is 21.8 Å². The molecule has 0 radical (unpaired) electrons. The Balaban J connectivity index is 1.61. The third-order valence-corrected chi connectivity index (χ3v) is 6.77. The van der Waals surface area contributed by atoms with E-state index in [0.717, 1.165) is 33.8 Å². The van der Waals surface area contributed by atoms with Crippen molar-refractivity contribution in [3.63, 3.8) is 0 Å². The van der Waals surface area contributed by atoms with Crippen LogP contribution in [0.1, 0.15) is 15.9 Å². The van der Waals surface area contributed by atoms with Crippen molar-refractivity contribution in [2.24, 2.45) is 5.10 Å². The number of carbonyl (C=O) groups excluding carboxylic acids is 1. The Morgan fingerprint density at radius 3 is 2.03 bits per heavy atom. The molecule has 0 saturated heterocycles. The number of nitrogens with zero attached hydrogens (tertiary/aromatic N) is 2. The highest BCUT2D eigenvalue weighted by molar-refractivity contribution is 6.42. The molecule has 4 aromatic carbocycles. The highest BCUT2D eigenvalue weighted by Gasteiger charge is 2.19. The average molecular weight is 545 g/mol. The van der Waals surface area contributed by atoms with Gasteiger partial charge >= 0.3 is 0 Å². The van der Waals surface area contributed by atoms with Crippen LogP contribution in [-0.2, 0) is 0 Å². The maximum Gasteiger partial charge on any atom is 0.271 e. The van der Waals surface area contributed by atoms with Crippen molar-refractivity contribution in [3.8, 4) is 28.2 Å². The molecule has 0 spiro atoms. The lowest BCUT2D eigenvalue weighted by Crippen LogP contribution is -2.17. The van der Waals surface area contributed by atoms with Gasteiger partial charge in [-0.25, -0.2) is 5.43 Å². The quantitative estimate of drug-likeness (QED) is 0.169. The zero-order valence-corrected chi connectivity index (χ0v) is 21.7. The fourth-order valence-electron chi connectivity index (χ4n) is 4.06. The zero-order chi connectivity index (χ0) is 25.8. The summed E-state index contributed by atoms with van der Waals surface area (Å²) in [6.07, 6.45) is 1.65. The Kier molecular flexibility index (Phi) is 7.42. The molecule has 0 saturated carbocycles. The van der Waals surface area contributed by atoms with E-state index in [-0.39, 0.29) is 0 Å². The molecule has 0 fully saturated rings. The minimum Gasteiger partial charge on any atom is -0.309 e. The lowest BCUT2D eigenvalue weighted by molar-refractivity contribution is 0.0955. The van der Waals surface area contributed by atoms with Crippen LogP contribution in [0.5, 0.6) is 0 Å². The van der Waals surface area contributed by atoms with Gasteiger partial charge in [-0.15, -0.1) is 0 Å². The first-order valence-electron chi connectivity index (χ1n) is 11.4. The van der Waals surface area contributed by atoms with E-state index < -0.39 is 5.91 Å². The third-order valence-electron chi connectivity index (χ3n) is 5.78. The fourth-order valence-corrected chi connectivity index (χ4v) is 4.49. The summed E-state index contributed by atoms with van der Waals surface area (Å²) in [6.45, 7) is 0. The molecule has 0 unspecified atom stereocenters. The van der Waals surface area contributed by atoms with E-state index in [4.69, 9.17) is 34.8 Å². The van der Waals surface area contributed by atoms with Crippen LogP contribution >= 0.6 is 34.8 Å². The number of amides is 1. The number of carbonyl (C=O) groups is 1. The second-order valence-corrected chi connectivity index (χ2v) is 9.46. The number of hydrazone groups is 1. The number of aromatic nitrogens is 1. The van der Waals surface area contributed by atoms with E-state index in [9.17, 15) is 4.79 Å². The van der Waals surface area contributed by atoms with E-state index in [1.807, 2.05) is 72.8 Å². The fraction of sp³-hybridized carbons (Fsp3) is 0. The molecule has 1 heterocycles. The largest absolute Gasteiger partial charge is 0.309 e. The Labute approximate surface area is 229 Å². The van der Waals surface area contributed by atoms with Gasteiger partial charge < -0.3 is 4.57 Å². The molecule has 1 N–H and O–H groups in total. The molecule has 37 heavy (non-hydrogen) atoms. The van der Waals surface area contributed by atoms with Crippen LogP contribution in [0.4, 0.5) is 0 Å². The molecule has 5 aromatic rings. The molecule has 7 heteroatoms. The molecule has 0 aliphatic carbocycles. The van der Waals surface area contributed by atoms with Crippen molar-refractivity contribution >= 4 is 46.9 Å². The van der Waals surface area contributed by atoms with E-state index in [1.165, 1.54) is 6.07 Å². The number of hydrogen-bond acceptors (Lipinski definition) is 2. The van der Waals surface area contributed by atoms with Gasteiger partial charge in [0.1, 0.15) is 0 Å². The summed E-state index contributed by atoms with van der Waals surface area (Å²) >= 11 is 18.2. The van der Waals surface area contributed by atoms with Crippen molar-refractivity contribution in [2.75, 3.05) is 0 Å². The van der Waals surface area contributed by atoms with Gasteiger partial charge in [-0.3, -0.25) is 4.79 Å². The summed E-state index contributed by atoms with van der Waals surface area (Å²) < 4.78 is 2.17. The molecule has 0 atom stereocenters. The van der Waals surface area contributed by atoms with Gasteiger partial charge in [0.05, 0.1) is 27.6 Å². The first-order chi connectivity index (χ1) is 18.0. The van der Waals surface area contributed by atoms with E-state index >= 15 is 0 Å². The van der Waals surface area contributed by atoms with Gasteiger partial charge in [-0.05, 0) is 59.7 Å². The molecule has 5 rings (SSSR count). The SMILES string of the molecule is O=C(N/N=C\c1cc(-c2ccccc2)n(-c2ccc(Cl)cc2)c1-c1ccccc1)c1ccc(Cl)c(Cl)c1. The summed E-state index contributed by atoms with van der Waals surface area (Å²) in [5.74, 6) is -0.392. The van der Waals surface area contributed by atoms with Crippen LogP contribution in [0.15, 0.2) is 114 Å². The lowest BCUT2D eigenvalue weighted by atomic mass is 10.1. The molecule has 182 valence electrons. The molecule has 1 aromatic heterocycles. The topological polar surface area (TPSA) is 46.4 Å². The maximum atomic E-state index is 12.7. The van der Waals surface area contributed by atoms with E-state index in [0.29, 0.717) is 20.6 Å². The highest BCUT2D eigenvalue weighted by atomic mass is 35.5. The van der Waals surface area contributed by atoms with Crippen LogP contribution in [0.3, 0.4) is 0 Å². The molecule has 0 bridgehead atoms. The van der Waals surface area contributed by atoms with Gasteiger partial charge in [0.15, 0.2) is 0 Å². The second kappa shape index (κ2) is 11.1. The normalized spacial score (nSPS) is 11.1. The standard InChI is InChI=1S/C30H20Cl3N3O/c31-24-12-14-25(15-13-24)36-28(20-7-3-1-4-8-20)18-23(29(36)21-9-5-2-6-10-21)19-34-35-30(37)22-11-16-26(32)27(33)17-22/h1-19H,(H,35,37)/b34-19-. The maximum absolute atomic E-state index is 12.7. The zero-order valence-electron chi connectivity index (χ0n) is 19.4. The van der Waals surface area contributed by atoms with Gasteiger partial charge in [0.2, 0.25) is 0 Å². The monoisotopic (exact) mass is 543 g/mol. The highest BCUT2D eigenvalue weighted by Crippen LogP contribution is 2.35. The number of rotatable bonds is 6. The summed E-state index contributed by atoms with van der Waals surface area (Å²) in [4.78, 5) is 12.7. The number of hydrogen-bond donors (Lipinski definition) is 1. The van der Waals surface area contributed by atoms with E-state index in [2.05, 4.69) is 33.3 Å². The predicted octanol–water partition coefficient (Wildman–Crippen LogP) is 8.54. The molecular weight excluding hydrogens is 525 g/mol. The van der Waals surface area contributed by atoms with Crippen LogP contribution in [0.2, 0.25) is 15.1 Å². The number of nitrogens with one attached hydrogen (secondary N) is 1. The molecule has 4 nitrogen and oxygen atoms in total. The van der Waals surface area contributed by atoms with Crippen LogP contribution in [0.25, 0.3) is 28.2 Å². The number of benzene rings is 4. The van der Waals surface area contributed by atoms with Crippen molar-refractivity contribution in [2.45, 2.75) is 0 Å². The van der Waals surface area contributed by atoms with Gasteiger partial charge in [0.25, 0.3) is 5.91 Å². The molecule has 0 aliphatic rings. The van der Waals surface area contributed by atoms with Crippen LogP contribution in [0, 0.1) is 0 Å². The first kappa shape index (κ1) is 24.8. The lowest BCUT2D eigenvalue weighted by Gasteiger charge is -2.15. The van der Waals surface area contributed by atoms with Gasteiger partial charge in [-0.1, -0.05) is 95.5 Å². The number of halogens is 3. The summed E-state index contributed by atoms with van der Waals surface area (Å²) in [6, 6.07) is 34.6. The Morgan fingerprint density at radius 1 is 0.730 bits per heavy atom. The summed E-state index contributed by atoms with van der Waals surface area (Å²) in [7, 11) is 0. The van der Waals surface area contributed by atoms with Crippen LogP contribution < -0.4 is 5.43 Å². The van der Waals surface area contributed by atoms with Crippen molar-refractivity contribution in [1.82, 2.24) is 9.99 Å². The first-order valence-corrected chi connectivity index (χ1v) is 12.6. The Morgan fingerprint density at radius 2 is 1.38 bits per heavy atom. The summed E-state index contributed by atoms with van der Waals surface area (Å²) in [5, 5.41) is 5.62. The third kappa shape index (κ3) is 5.47. The Bertz CT molecular complexity index is 1580. The van der Waals surface area contributed by atoms with E-state index in [1.54, 1.807) is 18.3 Å². The molecular formula is C30H20Cl3N3O.